The van der Waals surface area contributed by atoms with Crippen molar-refractivity contribution in [2.24, 2.45) is 0 Å². The molecule has 2 heteroatoms. The Hall–Kier alpha value is -2.09. The van der Waals surface area contributed by atoms with Crippen LogP contribution in [0, 0.1) is 0 Å². The molecule has 2 aromatic rings. The summed E-state index contributed by atoms with van der Waals surface area (Å²) in [5.74, 6) is 0.766. The first-order chi connectivity index (χ1) is 8.72. The molecule has 92 valence electrons. The molecule has 0 spiro atoms. The second-order valence-corrected chi connectivity index (χ2v) is 4.23. The van der Waals surface area contributed by atoms with Crippen molar-refractivity contribution in [1.82, 2.24) is 0 Å². The minimum atomic E-state index is -0.125. The van der Waals surface area contributed by atoms with Crippen LogP contribution in [-0.4, -0.2) is 12.9 Å². The third-order valence-electron chi connectivity index (χ3n) is 3.07. The van der Waals surface area contributed by atoms with Gasteiger partial charge in [-0.15, -0.1) is 0 Å². The average Bonchev–Trinajstić information content (AvgIpc) is 2.47. The van der Waals surface area contributed by atoms with E-state index in [0.29, 0.717) is 5.56 Å². The Morgan fingerprint density at radius 1 is 1.00 bits per heavy atom. The molecule has 0 aliphatic rings. The maximum atomic E-state index is 12.3. The lowest BCUT2D eigenvalue weighted by molar-refractivity contribution is 0.0966. The molecular weight excluding hydrogens is 224 g/mol. The molecule has 0 saturated heterocycles. The molecule has 0 aliphatic heterocycles. The van der Waals surface area contributed by atoms with Crippen LogP contribution in [0.4, 0.5) is 0 Å². The second-order valence-electron chi connectivity index (χ2n) is 4.23. The van der Waals surface area contributed by atoms with E-state index in [4.69, 9.17) is 4.74 Å². The van der Waals surface area contributed by atoms with Crippen LogP contribution in [0.1, 0.15) is 28.8 Å². The molecule has 0 radical (unpaired) electrons. The summed E-state index contributed by atoms with van der Waals surface area (Å²) in [6.45, 7) is 1.93. The maximum absolute atomic E-state index is 12.3. The number of carbonyl (C=O) groups is 1. The monoisotopic (exact) mass is 240 g/mol. The molecule has 0 unspecified atom stereocenters. The lowest BCUT2D eigenvalue weighted by Gasteiger charge is -2.11. The van der Waals surface area contributed by atoms with Gasteiger partial charge in [0.1, 0.15) is 5.75 Å². The zero-order valence-electron chi connectivity index (χ0n) is 10.6. The van der Waals surface area contributed by atoms with Crippen molar-refractivity contribution in [1.29, 1.82) is 0 Å². The van der Waals surface area contributed by atoms with Gasteiger partial charge in [0.15, 0.2) is 5.78 Å². The third kappa shape index (κ3) is 2.59. The number of rotatable bonds is 4. The lowest BCUT2D eigenvalue weighted by Crippen LogP contribution is -2.09. The number of Topliss-reactive ketones (excluding diaryl/α,β-unsaturated/α-hetero) is 1. The maximum Gasteiger partial charge on any atom is 0.170 e. The van der Waals surface area contributed by atoms with Crippen molar-refractivity contribution in [3.05, 3.63) is 65.7 Å². The molecule has 0 aliphatic carbocycles. The summed E-state index contributed by atoms with van der Waals surface area (Å²) in [6.07, 6.45) is 0. The standard InChI is InChI=1S/C16H16O2/c1-12(13-6-4-3-5-7-13)16(17)14-8-10-15(18-2)11-9-14/h3-12H,1-2H3/t12-/m1/s1. The first-order valence-electron chi connectivity index (χ1n) is 5.95. The second kappa shape index (κ2) is 5.50. The molecule has 0 heterocycles. The zero-order valence-corrected chi connectivity index (χ0v) is 10.6. The van der Waals surface area contributed by atoms with Gasteiger partial charge in [0.25, 0.3) is 0 Å². The van der Waals surface area contributed by atoms with Gasteiger partial charge in [0.2, 0.25) is 0 Å². The summed E-state index contributed by atoms with van der Waals surface area (Å²) in [7, 11) is 1.61. The van der Waals surface area contributed by atoms with Crippen LogP contribution in [-0.2, 0) is 0 Å². The summed E-state index contributed by atoms with van der Waals surface area (Å²) in [6, 6.07) is 17.0. The molecule has 0 amide bonds. The van der Waals surface area contributed by atoms with Gasteiger partial charge < -0.3 is 4.74 Å². The minimum absolute atomic E-state index is 0.125. The van der Waals surface area contributed by atoms with Crippen LogP contribution in [0.5, 0.6) is 5.75 Å². The van der Waals surface area contributed by atoms with E-state index in [-0.39, 0.29) is 11.7 Å². The van der Waals surface area contributed by atoms with E-state index in [1.165, 1.54) is 0 Å². The largest absolute Gasteiger partial charge is 0.497 e. The average molecular weight is 240 g/mol. The predicted octanol–water partition coefficient (Wildman–Crippen LogP) is 3.68. The topological polar surface area (TPSA) is 26.3 Å². The molecule has 0 saturated carbocycles. The molecule has 18 heavy (non-hydrogen) atoms. The van der Waals surface area contributed by atoms with E-state index in [1.807, 2.05) is 49.4 Å². The van der Waals surface area contributed by atoms with Crippen LogP contribution < -0.4 is 4.74 Å². The Kier molecular flexibility index (Phi) is 3.78. The van der Waals surface area contributed by atoms with Crippen LogP contribution in [0.3, 0.4) is 0 Å². The number of ether oxygens (including phenoxy) is 1. The highest BCUT2D eigenvalue weighted by molar-refractivity contribution is 6.00. The molecule has 0 bridgehead atoms. The molecule has 0 N–H and O–H groups in total. The van der Waals surface area contributed by atoms with Crippen LogP contribution in [0.25, 0.3) is 0 Å². The highest BCUT2D eigenvalue weighted by Crippen LogP contribution is 2.21. The van der Waals surface area contributed by atoms with E-state index in [1.54, 1.807) is 19.2 Å². The smallest absolute Gasteiger partial charge is 0.170 e. The van der Waals surface area contributed by atoms with Gasteiger partial charge in [-0.3, -0.25) is 4.79 Å². The van der Waals surface area contributed by atoms with Crippen molar-refractivity contribution in [2.75, 3.05) is 7.11 Å². The van der Waals surface area contributed by atoms with E-state index in [2.05, 4.69) is 0 Å². The van der Waals surface area contributed by atoms with Crippen molar-refractivity contribution in [3.8, 4) is 5.75 Å². The molecule has 2 aromatic carbocycles. The lowest BCUT2D eigenvalue weighted by atomic mass is 9.92. The van der Waals surface area contributed by atoms with Crippen molar-refractivity contribution in [3.63, 3.8) is 0 Å². The fraction of sp³-hybridized carbons (Fsp3) is 0.188. The molecule has 1 atom stereocenters. The normalized spacial score (nSPS) is 11.9. The first-order valence-corrected chi connectivity index (χ1v) is 5.95. The molecule has 2 rings (SSSR count). The molecule has 2 nitrogen and oxygen atoms in total. The number of hydrogen-bond acceptors (Lipinski definition) is 2. The van der Waals surface area contributed by atoms with Gasteiger partial charge in [-0.2, -0.15) is 0 Å². The Balaban J connectivity index is 2.20. The highest BCUT2D eigenvalue weighted by Gasteiger charge is 2.16. The van der Waals surface area contributed by atoms with E-state index >= 15 is 0 Å². The van der Waals surface area contributed by atoms with Gasteiger partial charge in [0, 0.05) is 11.5 Å². The first kappa shape index (κ1) is 12.4. The van der Waals surface area contributed by atoms with Gasteiger partial charge >= 0.3 is 0 Å². The number of hydrogen-bond donors (Lipinski definition) is 0. The number of ketones is 1. The molecule has 0 fully saturated rings. The predicted molar refractivity (Wildman–Crippen MR) is 72.2 cm³/mol. The molecule has 0 aromatic heterocycles. The summed E-state index contributed by atoms with van der Waals surface area (Å²) < 4.78 is 5.08. The summed E-state index contributed by atoms with van der Waals surface area (Å²) in [4.78, 5) is 12.3. The third-order valence-corrected chi connectivity index (χ3v) is 3.07. The quantitative estimate of drug-likeness (QED) is 0.762. The molecular formula is C16H16O2. The Labute approximate surface area is 107 Å². The SMILES string of the molecule is COc1ccc(C(=O)[C@H](C)c2ccccc2)cc1. The van der Waals surface area contributed by atoms with Gasteiger partial charge in [-0.25, -0.2) is 0 Å². The Morgan fingerprint density at radius 3 is 2.17 bits per heavy atom. The minimum Gasteiger partial charge on any atom is -0.497 e. The van der Waals surface area contributed by atoms with Gasteiger partial charge in [-0.05, 0) is 29.8 Å². The summed E-state index contributed by atoms with van der Waals surface area (Å²) in [5, 5.41) is 0. The van der Waals surface area contributed by atoms with Crippen molar-refractivity contribution >= 4 is 5.78 Å². The number of methoxy groups -OCH3 is 1. The van der Waals surface area contributed by atoms with E-state index in [0.717, 1.165) is 11.3 Å². The summed E-state index contributed by atoms with van der Waals surface area (Å²) >= 11 is 0. The van der Waals surface area contributed by atoms with Crippen molar-refractivity contribution < 1.29 is 9.53 Å². The van der Waals surface area contributed by atoms with E-state index < -0.39 is 0 Å². The van der Waals surface area contributed by atoms with E-state index in [9.17, 15) is 4.79 Å². The van der Waals surface area contributed by atoms with Crippen LogP contribution in [0.2, 0.25) is 0 Å². The summed E-state index contributed by atoms with van der Waals surface area (Å²) in [5.41, 5.74) is 1.76. The van der Waals surface area contributed by atoms with Gasteiger partial charge in [-0.1, -0.05) is 37.3 Å². The number of carbonyl (C=O) groups excluding carboxylic acids is 1. The highest BCUT2D eigenvalue weighted by atomic mass is 16.5. The zero-order chi connectivity index (χ0) is 13.0. The van der Waals surface area contributed by atoms with Crippen LogP contribution in [0.15, 0.2) is 54.6 Å². The number of benzene rings is 2. The Morgan fingerprint density at radius 2 is 1.61 bits per heavy atom. The van der Waals surface area contributed by atoms with Crippen LogP contribution >= 0.6 is 0 Å². The fourth-order valence-corrected chi connectivity index (χ4v) is 1.90. The van der Waals surface area contributed by atoms with Gasteiger partial charge in [0.05, 0.1) is 7.11 Å². The fourth-order valence-electron chi connectivity index (χ4n) is 1.90. The Bertz CT molecular complexity index is 515. The van der Waals surface area contributed by atoms with Crippen molar-refractivity contribution in [2.45, 2.75) is 12.8 Å².